The number of hydrogen-bond donors (Lipinski definition) is 2. The van der Waals surface area contributed by atoms with Crippen LogP contribution in [0.2, 0.25) is 10.0 Å². The smallest absolute Gasteiger partial charge is 0.285 e. The number of H-pyrrole nitrogens is 1. The molecule has 0 aliphatic rings. The molecule has 14 heteroatoms. The van der Waals surface area contributed by atoms with Crippen molar-refractivity contribution in [1.82, 2.24) is 24.5 Å². The first kappa shape index (κ1) is 28.0. The van der Waals surface area contributed by atoms with Gasteiger partial charge in [0.25, 0.3) is 10.1 Å². The van der Waals surface area contributed by atoms with Crippen molar-refractivity contribution >= 4 is 50.4 Å². The summed E-state index contributed by atoms with van der Waals surface area (Å²) in [6.45, 7) is 4.36. The monoisotopic (exact) mass is 606 g/mol. The van der Waals surface area contributed by atoms with Crippen LogP contribution in [0.5, 0.6) is 0 Å². The molecule has 2 N–H and O–H groups in total. The molecule has 0 radical (unpaired) electrons. The van der Waals surface area contributed by atoms with Crippen molar-refractivity contribution in [1.29, 1.82) is 0 Å². The number of rotatable bonds is 8. The van der Waals surface area contributed by atoms with Crippen molar-refractivity contribution in [2.75, 3.05) is 11.7 Å². The molecule has 0 fully saturated rings. The molecule has 40 heavy (non-hydrogen) atoms. The first-order chi connectivity index (χ1) is 18.9. The van der Waals surface area contributed by atoms with Crippen LogP contribution in [0, 0.1) is 17.6 Å². The van der Waals surface area contributed by atoms with Gasteiger partial charge in [-0.15, -0.1) is 4.28 Å². The van der Waals surface area contributed by atoms with E-state index in [2.05, 4.69) is 20.4 Å². The predicted molar refractivity (Wildman–Crippen MR) is 150 cm³/mol. The molecule has 5 rings (SSSR count). The van der Waals surface area contributed by atoms with Gasteiger partial charge in [-0.1, -0.05) is 43.1 Å². The first-order valence-electron chi connectivity index (χ1n) is 11.9. The van der Waals surface area contributed by atoms with Crippen LogP contribution in [0.25, 0.3) is 45.2 Å². The van der Waals surface area contributed by atoms with Gasteiger partial charge in [-0.25, -0.2) is 29.2 Å². The summed E-state index contributed by atoms with van der Waals surface area (Å²) in [5.41, 5.74) is 4.49. The minimum absolute atomic E-state index is 0.0554. The Morgan fingerprint density at radius 3 is 2.42 bits per heavy atom. The van der Waals surface area contributed by atoms with Gasteiger partial charge < -0.3 is 4.98 Å². The van der Waals surface area contributed by atoms with Gasteiger partial charge in [-0.05, 0) is 42.3 Å². The van der Waals surface area contributed by atoms with Crippen LogP contribution in [-0.2, 0) is 20.9 Å². The maximum absolute atomic E-state index is 15.0. The highest BCUT2D eigenvalue weighted by Crippen LogP contribution is 2.39. The molecule has 0 atom stereocenters. The molecule has 3 aromatic heterocycles. The molecule has 0 unspecified atom stereocenters. The van der Waals surface area contributed by atoms with E-state index in [-0.39, 0.29) is 34.6 Å². The average Bonchev–Trinajstić information content (AvgIpc) is 3.43. The Hall–Kier alpha value is -3.58. The van der Waals surface area contributed by atoms with Gasteiger partial charge in [0.15, 0.2) is 5.65 Å². The van der Waals surface area contributed by atoms with Gasteiger partial charge >= 0.3 is 0 Å². The largest absolute Gasteiger partial charge is 0.337 e. The lowest BCUT2D eigenvalue weighted by molar-refractivity contribution is 0.385. The summed E-state index contributed by atoms with van der Waals surface area (Å²) in [5, 5.41) is 0.637. The third-order valence-corrected chi connectivity index (χ3v) is 6.79. The highest BCUT2D eigenvalue weighted by atomic mass is 35.5. The lowest BCUT2D eigenvalue weighted by atomic mass is 10.1. The molecular weight excluding hydrogens is 585 g/mol. The minimum atomic E-state index is -3.81. The first-order valence-corrected chi connectivity index (χ1v) is 14.5. The third kappa shape index (κ3) is 5.66. The fraction of sp³-hybridized carbons (Fsp3) is 0.192. The van der Waals surface area contributed by atoms with E-state index in [0.717, 1.165) is 18.4 Å². The standard InChI is InChI=1S/C26H22Cl2F2N6O3S/c1-13(2)12-36-25-20(32-26(36)35-39-40(3,37)38)10-9-19(31-25)23-22(15-8-7-14(29)11-18(15)30)33-24(34-23)21-16(27)5-4-6-17(21)28/h4-11,13H,12H2,1-3H3,(H,32,35)(H,33,34). The van der Waals surface area contributed by atoms with Crippen LogP contribution in [0.4, 0.5) is 14.7 Å². The Labute approximate surface area is 238 Å². The molecular formula is C26H22Cl2F2N6O3S. The quantitative estimate of drug-likeness (QED) is 0.189. The van der Waals surface area contributed by atoms with E-state index in [1.807, 2.05) is 13.8 Å². The van der Waals surface area contributed by atoms with Crippen molar-refractivity contribution in [3.8, 4) is 34.0 Å². The van der Waals surface area contributed by atoms with Crippen LogP contribution in [0.15, 0.2) is 48.5 Å². The number of hydrogen-bond acceptors (Lipinski definition) is 7. The molecule has 5 aromatic rings. The normalized spacial score (nSPS) is 12.0. The van der Waals surface area contributed by atoms with Crippen LogP contribution in [0.3, 0.4) is 0 Å². The van der Waals surface area contributed by atoms with Crippen LogP contribution in [0.1, 0.15) is 13.8 Å². The molecule has 0 aliphatic heterocycles. The van der Waals surface area contributed by atoms with Crippen molar-refractivity contribution < 1.29 is 21.5 Å². The zero-order valence-corrected chi connectivity index (χ0v) is 23.7. The van der Waals surface area contributed by atoms with Crippen molar-refractivity contribution in [2.24, 2.45) is 5.92 Å². The maximum atomic E-state index is 15.0. The van der Waals surface area contributed by atoms with Crippen molar-refractivity contribution in [3.05, 3.63) is 70.2 Å². The van der Waals surface area contributed by atoms with E-state index in [4.69, 9.17) is 32.5 Å². The van der Waals surface area contributed by atoms with E-state index in [1.165, 1.54) is 6.07 Å². The predicted octanol–water partition coefficient (Wildman–Crippen LogP) is 6.70. The Kier molecular flexibility index (Phi) is 7.53. The lowest BCUT2D eigenvalue weighted by Gasteiger charge is -2.12. The summed E-state index contributed by atoms with van der Waals surface area (Å²) in [6.07, 6.45) is 0.905. The zero-order chi connectivity index (χ0) is 28.8. The summed E-state index contributed by atoms with van der Waals surface area (Å²) in [4.78, 5) is 17.0. The van der Waals surface area contributed by atoms with Crippen molar-refractivity contribution in [2.45, 2.75) is 20.4 Å². The fourth-order valence-electron chi connectivity index (χ4n) is 4.15. The molecule has 0 saturated carbocycles. The van der Waals surface area contributed by atoms with E-state index in [1.54, 1.807) is 34.9 Å². The highest BCUT2D eigenvalue weighted by molar-refractivity contribution is 7.86. The second-order valence-corrected chi connectivity index (χ2v) is 11.8. The van der Waals surface area contributed by atoms with Crippen LogP contribution in [-0.4, -0.2) is 39.2 Å². The van der Waals surface area contributed by atoms with Gasteiger partial charge in [-0.3, -0.25) is 4.57 Å². The minimum Gasteiger partial charge on any atom is -0.337 e. The van der Waals surface area contributed by atoms with Crippen molar-refractivity contribution in [3.63, 3.8) is 0 Å². The number of benzene rings is 2. The van der Waals surface area contributed by atoms with E-state index < -0.39 is 21.8 Å². The summed E-state index contributed by atoms with van der Waals surface area (Å²) in [5.74, 6) is -1.02. The third-order valence-electron chi connectivity index (χ3n) is 5.77. The molecule has 9 nitrogen and oxygen atoms in total. The van der Waals surface area contributed by atoms with Gasteiger partial charge in [0.1, 0.15) is 28.7 Å². The number of nitrogens with one attached hydrogen (secondary N) is 2. The maximum Gasteiger partial charge on any atom is 0.285 e. The molecule has 0 amide bonds. The van der Waals surface area contributed by atoms with Gasteiger partial charge in [0.05, 0.1) is 33.3 Å². The average molecular weight is 607 g/mol. The molecule has 2 aromatic carbocycles. The number of halogens is 4. The van der Waals surface area contributed by atoms with Gasteiger partial charge in [0, 0.05) is 18.2 Å². The van der Waals surface area contributed by atoms with Crippen LogP contribution >= 0.6 is 23.2 Å². The van der Waals surface area contributed by atoms with E-state index in [9.17, 15) is 12.8 Å². The number of fused-ring (bicyclic) bond motifs is 1. The topological polar surface area (TPSA) is 115 Å². The Bertz CT molecular complexity index is 1840. The van der Waals surface area contributed by atoms with E-state index in [0.29, 0.717) is 39.0 Å². The molecule has 0 aliphatic carbocycles. The fourth-order valence-corrected chi connectivity index (χ4v) is 4.95. The Balaban J connectivity index is 1.72. The Morgan fingerprint density at radius 1 is 1.05 bits per heavy atom. The Morgan fingerprint density at radius 2 is 1.77 bits per heavy atom. The summed E-state index contributed by atoms with van der Waals surface area (Å²) < 4.78 is 58.3. The summed E-state index contributed by atoms with van der Waals surface area (Å²) in [6, 6.07) is 11.5. The molecule has 3 heterocycles. The number of aromatic amines is 1. The molecule has 0 spiro atoms. The summed E-state index contributed by atoms with van der Waals surface area (Å²) >= 11 is 12.8. The van der Waals surface area contributed by atoms with Gasteiger partial charge in [-0.2, -0.15) is 8.42 Å². The molecule has 208 valence electrons. The second-order valence-electron chi connectivity index (χ2n) is 9.40. The zero-order valence-electron chi connectivity index (χ0n) is 21.3. The SMILES string of the molecule is CC(C)Cn1c(NOS(C)(=O)=O)nc2ccc(-c3nc(-c4c(Cl)cccc4Cl)[nH]c3-c3ccc(F)cc3F)nc21. The van der Waals surface area contributed by atoms with E-state index >= 15 is 4.39 Å². The second kappa shape index (κ2) is 10.8. The number of imidazole rings is 2. The number of nitrogens with zero attached hydrogens (tertiary/aromatic N) is 4. The lowest BCUT2D eigenvalue weighted by Crippen LogP contribution is -2.15. The number of anilines is 1. The number of pyridine rings is 1. The molecule has 0 bridgehead atoms. The summed E-state index contributed by atoms with van der Waals surface area (Å²) in [7, 11) is -3.81. The van der Waals surface area contributed by atoms with Crippen LogP contribution < -0.4 is 5.48 Å². The van der Waals surface area contributed by atoms with Gasteiger partial charge in [0.2, 0.25) is 5.95 Å². The highest BCUT2D eigenvalue weighted by Gasteiger charge is 2.23. The number of aromatic nitrogens is 5. The molecule has 0 saturated heterocycles.